The summed E-state index contributed by atoms with van der Waals surface area (Å²) in [7, 11) is -0.518. The number of ether oxygens (including phenoxy) is 2. The summed E-state index contributed by atoms with van der Waals surface area (Å²) in [4.78, 5) is 4.34. The third kappa shape index (κ3) is 3.56. The van der Waals surface area contributed by atoms with Crippen LogP contribution in [0.2, 0.25) is 0 Å². The van der Waals surface area contributed by atoms with Gasteiger partial charge in [-0.1, -0.05) is 36.4 Å². The van der Waals surface area contributed by atoms with Crippen molar-refractivity contribution in [2.24, 2.45) is 0 Å². The van der Waals surface area contributed by atoms with Crippen molar-refractivity contribution in [3.63, 3.8) is 0 Å². The molecule has 0 spiro atoms. The lowest BCUT2D eigenvalue weighted by Crippen LogP contribution is -2.14. The van der Waals surface area contributed by atoms with Gasteiger partial charge in [0.15, 0.2) is 17.1 Å². The van der Waals surface area contributed by atoms with Crippen LogP contribution in [0.5, 0.6) is 11.5 Å². The second-order valence-corrected chi connectivity index (χ2v) is 8.37. The molecule has 29 heavy (non-hydrogen) atoms. The molecule has 148 valence electrons. The molecule has 7 heteroatoms. The van der Waals surface area contributed by atoms with Gasteiger partial charge in [-0.25, -0.2) is 17.4 Å². The Morgan fingerprint density at radius 3 is 2.41 bits per heavy atom. The Bertz CT molecular complexity index is 1260. The minimum absolute atomic E-state index is 0.112. The molecule has 2 heterocycles. The maximum atomic E-state index is 13.2. The molecular formula is C22H20N2O4S. The summed E-state index contributed by atoms with van der Waals surface area (Å²) in [5.74, 6) is 1.07. The van der Waals surface area contributed by atoms with Gasteiger partial charge in [0, 0.05) is 23.3 Å². The van der Waals surface area contributed by atoms with E-state index in [1.54, 1.807) is 50.9 Å². The molecule has 2 aromatic heterocycles. The zero-order valence-corrected chi connectivity index (χ0v) is 16.9. The van der Waals surface area contributed by atoms with Gasteiger partial charge in [0.25, 0.3) is 0 Å². The fourth-order valence-corrected chi connectivity index (χ4v) is 4.76. The van der Waals surface area contributed by atoms with Gasteiger partial charge in [0.05, 0.1) is 20.0 Å². The number of rotatable bonds is 6. The van der Waals surface area contributed by atoms with Gasteiger partial charge in [-0.15, -0.1) is 0 Å². The molecule has 0 fully saturated rings. The van der Waals surface area contributed by atoms with Crippen LogP contribution in [0.15, 0.2) is 73.1 Å². The van der Waals surface area contributed by atoms with Crippen LogP contribution in [0.25, 0.3) is 22.2 Å². The molecule has 2 aromatic carbocycles. The van der Waals surface area contributed by atoms with Crippen LogP contribution in [0, 0.1) is 0 Å². The van der Waals surface area contributed by atoms with Crippen LogP contribution < -0.4 is 9.47 Å². The average Bonchev–Trinajstić information content (AvgIpc) is 3.14. The first-order valence-electron chi connectivity index (χ1n) is 8.99. The van der Waals surface area contributed by atoms with Crippen molar-refractivity contribution in [1.29, 1.82) is 0 Å². The highest BCUT2D eigenvalue weighted by atomic mass is 32.2. The van der Waals surface area contributed by atoms with Crippen molar-refractivity contribution >= 4 is 21.1 Å². The summed E-state index contributed by atoms with van der Waals surface area (Å²) in [6, 6.07) is 18.3. The largest absolute Gasteiger partial charge is 0.493 e. The first-order chi connectivity index (χ1) is 14.0. The summed E-state index contributed by atoms with van der Waals surface area (Å²) >= 11 is 0. The molecule has 6 nitrogen and oxygen atoms in total. The second-order valence-electron chi connectivity index (χ2n) is 6.52. The standard InChI is InChI=1S/C22H20N2O4S/c1-27-20-11-10-17(13-21(20)28-2)19-14-24(22-18(19)9-6-12-23-22)29(25,26)15-16-7-4-3-5-8-16/h3-14H,15H2,1-2H3. The number of methoxy groups -OCH3 is 2. The van der Waals surface area contributed by atoms with Crippen LogP contribution in [-0.4, -0.2) is 31.6 Å². The molecule has 4 rings (SSSR count). The van der Waals surface area contributed by atoms with Crippen molar-refractivity contribution in [2.75, 3.05) is 14.2 Å². The van der Waals surface area contributed by atoms with E-state index in [1.165, 1.54) is 3.97 Å². The van der Waals surface area contributed by atoms with E-state index < -0.39 is 10.0 Å². The molecule has 0 unspecified atom stereocenters. The van der Waals surface area contributed by atoms with Crippen molar-refractivity contribution in [2.45, 2.75) is 5.75 Å². The Balaban J connectivity index is 1.86. The van der Waals surface area contributed by atoms with Gasteiger partial charge in [-0.05, 0) is 35.4 Å². The van der Waals surface area contributed by atoms with E-state index >= 15 is 0 Å². The Morgan fingerprint density at radius 2 is 1.69 bits per heavy atom. The maximum absolute atomic E-state index is 13.2. The first-order valence-corrected chi connectivity index (χ1v) is 10.6. The van der Waals surface area contributed by atoms with Gasteiger partial charge in [-0.2, -0.15) is 0 Å². The van der Waals surface area contributed by atoms with Crippen LogP contribution in [-0.2, 0) is 15.8 Å². The number of hydrogen-bond acceptors (Lipinski definition) is 5. The Hall–Kier alpha value is -3.32. The lowest BCUT2D eigenvalue weighted by Gasteiger charge is -2.09. The van der Waals surface area contributed by atoms with E-state index in [4.69, 9.17) is 9.47 Å². The predicted molar refractivity (Wildman–Crippen MR) is 113 cm³/mol. The molecule has 0 bridgehead atoms. The third-order valence-corrected chi connectivity index (χ3v) is 6.29. The normalized spacial score (nSPS) is 11.5. The highest BCUT2D eigenvalue weighted by molar-refractivity contribution is 7.89. The van der Waals surface area contributed by atoms with Crippen LogP contribution in [0.4, 0.5) is 0 Å². The molecule has 0 amide bonds. The third-order valence-electron chi connectivity index (χ3n) is 4.72. The number of benzene rings is 2. The molecule has 0 aliphatic heterocycles. The van der Waals surface area contributed by atoms with E-state index in [2.05, 4.69) is 4.98 Å². The maximum Gasteiger partial charge on any atom is 0.244 e. The van der Waals surface area contributed by atoms with Gasteiger partial charge in [0.2, 0.25) is 10.0 Å². The molecule has 0 aliphatic carbocycles. The predicted octanol–water partition coefficient (Wildman–Crippen LogP) is 4.10. The zero-order valence-electron chi connectivity index (χ0n) is 16.1. The van der Waals surface area contributed by atoms with Crippen LogP contribution in [0.1, 0.15) is 5.56 Å². The number of pyridine rings is 1. The fourth-order valence-electron chi connectivity index (χ4n) is 3.33. The summed E-state index contributed by atoms with van der Waals surface area (Å²) in [6.45, 7) is 0. The minimum Gasteiger partial charge on any atom is -0.493 e. The summed E-state index contributed by atoms with van der Waals surface area (Å²) in [5, 5.41) is 0.747. The number of aromatic nitrogens is 2. The van der Waals surface area contributed by atoms with E-state index in [0.29, 0.717) is 17.1 Å². The topological polar surface area (TPSA) is 70.4 Å². The second kappa shape index (κ2) is 7.60. The molecule has 0 saturated carbocycles. The molecule has 0 radical (unpaired) electrons. The van der Waals surface area contributed by atoms with Gasteiger partial charge in [0.1, 0.15) is 0 Å². The summed E-state index contributed by atoms with van der Waals surface area (Å²) < 4.78 is 38.3. The lowest BCUT2D eigenvalue weighted by atomic mass is 10.1. The fraction of sp³-hybridized carbons (Fsp3) is 0.136. The lowest BCUT2D eigenvalue weighted by molar-refractivity contribution is 0.355. The zero-order chi connectivity index (χ0) is 20.4. The van der Waals surface area contributed by atoms with Crippen molar-refractivity contribution in [1.82, 2.24) is 8.96 Å². The highest BCUT2D eigenvalue weighted by Gasteiger charge is 2.21. The smallest absolute Gasteiger partial charge is 0.244 e. The number of hydrogen-bond donors (Lipinski definition) is 0. The Labute approximate surface area is 169 Å². The molecule has 0 N–H and O–H groups in total. The van der Waals surface area contributed by atoms with E-state index in [1.807, 2.05) is 36.4 Å². The SMILES string of the molecule is COc1ccc(-c2cn(S(=O)(=O)Cc3ccccc3)c3ncccc23)cc1OC. The summed E-state index contributed by atoms with van der Waals surface area (Å²) in [6.07, 6.45) is 3.21. The van der Waals surface area contributed by atoms with Crippen molar-refractivity contribution in [3.8, 4) is 22.6 Å². The highest BCUT2D eigenvalue weighted by Crippen LogP contribution is 2.36. The van der Waals surface area contributed by atoms with Crippen molar-refractivity contribution < 1.29 is 17.9 Å². The monoisotopic (exact) mass is 408 g/mol. The average molecular weight is 408 g/mol. The quantitative estimate of drug-likeness (QED) is 0.480. The molecular weight excluding hydrogens is 388 g/mol. The van der Waals surface area contributed by atoms with Crippen LogP contribution in [0.3, 0.4) is 0 Å². The summed E-state index contributed by atoms with van der Waals surface area (Å²) in [5.41, 5.74) is 2.69. The van der Waals surface area contributed by atoms with Gasteiger partial charge < -0.3 is 9.47 Å². The number of nitrogens with zero attached hydrogens (tertiary/aromatic N) is 2. The Kier molecular flexibility index (Phi) is 4.98. The molecule has 0 aliphatic rings. The molecule has 0 atom stereocenters. The van der Waals surface area contributed by atoms with Crippen LogP contribution >= 0.6 is 0 Å². The van der Waals surface area contributed by atoms with E-state index in [0.717, 1.165) is 22.1 Å². The van der Waals surface area contributed by atoms with Gasteiger partial charge >= 0.3 is 0 Å². The van der Waals surface area contributed by atoms with E-state index in [9.17, 15) is 8.42 Å². The number of fused-ring (bicyclic) bond motifs is 1. The molecule has 0 saturated heterocycles. The molecule has 4 aromatic rings. The Morgan fingerprint density at radius 1 is 0.931 bits per heavy atom. The van der Waals surface area contributed by atoms with Crippen molar-refractivity contribution in [3.05, 3.63) is 78.6 Å². The minimum atomic E-state index is -3.66. The van der Waals surface area contributed by atoms with E-state index in [-0.39, 0.29) is 5.75 Å². The first kappa shape index (κ1) is 19.0. The van der Waals surface area contributed by atoms with Gasteiger partial charge in [-0.3, -0.25) is 0 Å².